The summed E-state index contributed by atoms with van der Waals surface area (Å²) in [5, 5.41) is 0.715. The number of ether oxygens (including phenoxy) is 2. The molecule has 2 nitrogen and oxygen atoms in total. The van der Waals surface area contributed by atoms with Crippen molar-refractivity contribution in [3.63, 3.8) is 0 Å². The molecule has 0 spiro atoms. The van der Waals surface area contributed by atoms with Crippen LogP contribution in [-0.4, -0.2) is 24.6 Å². The minimum atomic E-state index is -0.214. The minimum absolute atomic E-state index is 0.0267. The fourth-order valence-electron chi connectivity index (χ4n) is 2.55. The van der Waals surface area contributed by atoms with Crippen LogP contribution in [-0.2, 0) is 9.47 Å². The molecular weight excluding hydrogens is 311 g/mol. The first-order valence-electron chi connectivity index (χ1n) is 6.72. The van der Waals surface area contributed by atoms with E-state index in [-0.39, 0.29) is 18.0 Å². The Balaban J connectivity index is 1.96. The Morgan fingerprint density at radius 1 is 1.26 bits per heavy atom. The van der Waals surface area contributed by atoms with E-state index in [9.17, 15) is 4.39 Å². The Morgan fingerprint density at radius 3 is 2.58 bits per heavy atom. The molecule has 1 fully saturated rings. The third kappa shape index (κ3) is 4.26. The van der Waals surface area contributed by atoms with Gasteiger partial charge in [-0.2, -0.15) is 0 Å². The molecule has 0 saturated heterocycles. The second kappa shape index (κ2) is 7.36. The summed E-state index contributed by atoms with van der Waals surface area (Å²) in [5.41, 5.74) is 1.01. The lowest BCUT2D eigenvalue weighted by molar-refractivity contribution is -0.0584. The lowest BCUT2D eigenvalue weighted by Crippen LogP contribution is -2.29. The zero-order valence-electron chi connectivity index (χ0n) is 11.1. The number of benzene rings is 1. The molecule has 0 bridgehead atoms. The Labute approximate surface area is 122 Å². The normalized spacial score (nSPS) is 25.2. The maximum atomic E-state index is 12.9. The van der Waals surface area contributed by atoms with E-state index in [0.29, 0.717) is 11.4 Å². The van der Waals surface area contributed by atoms with Gasteiger partial charge in [-0.1, -0.05) is 28.1 Å². The van der Waals surface area contributed by atoms with Gasteiger partial charge in [-0.05, 0) is 43.4 Å². The van der Waals surface area contributed by atoms with E-state index in [1.165, 1.54) is 12.1 Å². The summed E-state index contributed by atoms with van der Waals surface area (Å²) in [5.74, 6) is -0.214. The number of hydrogen-bond acceptors (Lipinski definition) is 2. The Bertz CT molecular complexity index is 382. The predicted octanol–water partition coefficient (Wildman–Crippen LogP) is 4.24. The summed E-state index contributed by atoms with van der Waals surface area (Å²) in [6.07, 6.45) is 4.79. The molecular formula is C15H20BrFO2. The number of methoxy groups -OCH3 is 1. The van der Waals surface area contributed by atoms with Crippen LogP contribution in [0.15, 0.2) is 24.3 Å². The third-order valence-electron chi connectivity index (χ3n) is 3.65. The van der Waals surface area contributed by atoms with Gasteiger partial charge in [0.2, 0.25) is 0 Å². The van der Waals surface area contributed by atoms with Gasteiger partial charge in [-0.25, -0.2) is 4.39 Å². The Kier molecular flexibility index (Phi) is 5.79. The summed E-state index contributed by atoms with van der Waals surface area (Å²) in [7, 11) is 1.76. The van der Waals surface area contributed by atoms with E-state index in [4.69, 9.17) is 9.47 Å². The van der Waals surface area contributed by atoms with Crippen LogP contribution in [0.25, 0.3) is 0 Å². The summed E-state index contributed by atoms with van der Waals surface area (Å²) >= 11 is 3.48. The molecule has 0 aliphatic heterocycles. The van der Waals surface area contributed by atoms with Crippen molar-refractivity contribution in [2.75, 3.05) is 12.4 Å². The van der Waals surface area contributed by atoms with Gasteiger partial charge in [0.25, 0.3) is 0 Å². The minimum Gasteiger partial charge on any atom is -0.381 e. The maximum absolute atomic E-state index is 12.9. The predicted molar refractivity (Wildman–Crippen MR) is 77.1 cm³/mol. The SMILES string of the molecule is COC1CCCC(OC(CBr)c2ccc(F)cc2)C1. The van der Waals surface area contributed by atoms with Crippen molar-refractivity contribution in [3.8, 4) is 0 Å². The highest BCUT2D eigenvalue weighted by Gasteiger charge is 2.25. The molecule has 0 radical (unpaired) electrons. The molecule has 2 rings (SSSR count). The summed E-state index contributed by atoms with van der Waals surface area (Å²) in [6, 6.07) is 6.54. The van der Waals surface area contributed by atoms with Crippen molar-refractivity contribution < 1.29 is 13.9 Å². The van der Waals surface area contributed by atoms with Gasteiger partial charge in [0.05, 0.1) is 18.3 Å². The number of rotatable bonds is 5. The molecule has 0 N–H and O–H groups in total. The topological polar surface area (TPSA) is 18.5 Å². The van der Waals surface area contributed by atoms with Gasteiger partial charge in [0, 0.05) is 12.4 Å². The van der Waals surface area contributed by atoms with E-state index >= 15 is 0 Å². The van der Waals surface area contributed by atoms with Crippen molar-refractivity contribution in [2.45, 2.75) is 44.0 Å². The van der Waals surface area contributed by atoms with Crippen LogP contribution < -0.4 is 0 Å². The molecule has 1 aliphatic rings. The monoisotopic (exact) mass is 330 g/mol. The number of alkyl halides is 1. The van der Waals surface area contributed by atoms with Crippen LogP contribution in [0, 0.1) is 5.82 Å². The van der Waals surface area contributed by atoms with Crippen molar-refractivity contribution in [1.82, 2.24) is 0 Å². The molecule has 1 aromatic carbocycles. The lowest BCUT2D eigenvalue weighted by Gasteiger charge is -2.31. The second-order valence-electron chi connectivity index (χ2n) is 4.98. The van der Waals surface area contributed by atoms with Gasteiger partial charge < -0.3 is 9.47 Å². The molecule has 4 heteroatoms. The maximum Gasteiger partial charge on any atom is 0.123 e. The van der Waals surface area contributed by atoms with E-state index in [2.05, 4.69) is 15.9 Å². The first kappa shape index (κ1) is 14.9. The van der Waals surface area contributed by atoms with Gasteiger partial charge >= 0.3 is 0 Å². The van der Waals surface area contributed by atoms with Crippen molar-refractivity contribution >= 4 is 15.9 Å². The lowest BCUT2D eigenvalue weighted by atomic mass is 9.94. The van der Waals surface area contributed by atoms with Crippen LogP contribution in [0.3, 0.4) is 0 Å². The number of halogens is 2. The summed E-state index contributed by atoms with van der Waals surface area (Å²) in [6.45, 7) is 0. The van der Waals surface area contributed by atoms with E-state index in [1.54, 1.807) is 19.2 Å². The van der Waals surface area contributed by atoms with E-state index in [0.717, 1.165) is 31.2 Å². The highest BCUT2D eigenvalue weighted by molar-refractivity contribution is 9.09. The highest BCUT2D eigenvalue weighted by atomic mass is 79.9. The van der Waals surface area contributed by atoms with Gasteiger partial charge in [-0.3, -0.25) is 0 Å². The number of hydrogen-bond donors (Lipinski definition) is 0. The van der Waals surface area contributed by atoms with E-state index in [1.807, 2.05) is 0 Å². The zero-order valence-corrected chi connectivity index (χ0v) is 12.7. The fourth-order valence-corrected chi connectivity index (χ4v) is 3.08. The van der Waals surface area contributed by atoms with Crippen LogP contribution >= 0.6 is 15.9 Å². The van der Waals surface area contributed by atoms with Gasteiger partial charge in [0.15, 0.2) is 0 Å². The Hall–Kier alpha value is -0.450. The van der Waals surface area contributed by atoms with E-state index < -0.39 is 0 Å². The highest BCUT2D eigenvalue weighted by Crippen LogP contribution is 2.29. The molecule has 1 aromatic rings. The smallest absolute Gasteiger partial charge is 0.123 e. The molecule has 3 atom stereocenters. The first-order chi connectivity index (χ1) is 9.22. The van der Waals surface area contributed by atoms with Gasteiger partial charge in [-0.15, -0.1) is 0 Å². The molecule has 0 aromatic heterocycles. The van der Waals surface area contributed by atoms with Crippen LogP contribution in [0.5, 0.6) is 0 Å². The molecule has 0 heterocycles. The average molecular weight is 331 g/mol. The average Bonchev–Trinajstić information content (AvgIpc) is 2.46. The van der Waals surface area contributed by atoms with Crippen LogP contribution in [0.1, 0.15) is 37.4 Å². The van der Waals surface area contributed by atoms with Crippen LogP contribution in [0.2, 0.25) is 0 Å². The van der Waals surface area contributed by atoms with Crippen molar-refractivity contribution in [3.05, 3.63) is 35.6 Å². The van der Waals surface area contributed by atoms with Crippen LogP contribution in [0.4, 0.5) is 4.39 Å². The molecule has 3 unspecified atom stereocenters. The standard InChI is InChI=1S/C15H20BrFO2/c1-18-13-3-2-4-14(9-13)19-15(10-16)11-5-7-12(17)8-6-11/h5-8,13-15H,2-4,9-10H2,1H3. The quantitative estimate of drug-likeness (QED) is 0.752. The first-order valence-corrected chi connectivity index (χ1v) is 7.84. The van der Waals surface area contributed by atoms with Gasteiger partial charge in [0.1, 0.15) is 5.82 Å². The summed E-state index contributed by atoms with van der Waals surface area (Å²) in [4.78, 5) is 0. The van der Waals surface area contributed by atoms with Crippen molar-refractivity contribution in [1.29, 1.82) is 0 Å². The molecule has 1 saturated carbocycles. The molecule has 106 valence electrons. The Morgan fingerprint density at radius 2 is 1.95 bits per heavy atom. The summed E-state index contributed by atoms with van der Waals surface area (Å²) < 4.78 is 24.5. The second-order valence-corrected chi connectivity index (χ2v) is 5.62. The molecule has 1 aliphatic carbocycles. The third-order valence-corrected chi connectivity index (χ3v) is 4.24. The largest absolute Gasteiger partial charge is 0.381 e. The molecule has 0 amide bonds. The zero-order chi connectivity index (χ0) is 13.7. The fraction of sp³-hybridized carbons (Fsp3) is 0.600. The van der Waals surface area contributed by atoms with Crippen molar-refractivity contribution in [2.24, 2.45) is 0 Å². The molecule has 19 heavy (non-hydrogen) atoms.